The van der Waals surface area contributed by atoms with Crippen LogP contribution in [0.2, 0.25) is 0 Å². The predicted octanol–water partition coefficient (Wildman–Crippen LogP) is 29.3. The van der Waals surface area contributed by atoms with Crippen LogP contribution in [0.1, 0.15) is 11.1 Å². The van der Waals surface area contributed by atoms with Gasteiger partial charge in [-0.3, -0.25) is 0 Å². The quantitative estimate of drug-likeness (QED) is 0.133. The van der Waals surface area contributed by atoms with Gasteiger partial charge in [-0.25, -0.2) is 0 Å². The summed E-state index contributed by atoms with van der Waals surface area (Å²) in [5.74, 6) is 0.505. The van der Waals surface area contributed by atoms with Crippen LogP contribution in [0.5, 0.6) is 0 Å². The van der Waals surface area contributed by atoms with Crippen molar-refractivity contribution in [1.29, 1.82) is 0 Å². The van der Waals surface area contributed by atoms with E-state index in [0.29, 0.717) is 5.92 Å². The van der Waals surface area contributed by atoms with Gasteiger partial charge in [0.05, 0.1) is 0 Å². The van der Waals surface area contributed by atoms with Crippen LogP contribution in [-0.4, -0.2) is 0 Å². The first-order valence-electron chi connectivity index (χ1n) is 37.4. The van der Waals surface area contributed by atoms with E-state index in [1.54, 1.807) is 0 Å². The standard InChI is InChI=1S/C24H14.2C20H12.C16H10.C15H10.C12H8/c1-3-11-18-16(9-1)17-10-2-4-12-19(17)24-21-14-6-8-15-7-5-13-20(22(15)21)23(18)24;1-2-8-15-13(5-1)11-12-17-16-9-3-6-14-7-4-10-18(19(14)16)20(15)17;1-2-6-15-12-19-17-10-4-8-13-7-3-9-16(20(13)17)18(19)11-14(15)5-1;1-2-8-13-12(7-1)14-9-3-5-11-6-4-10-15(13)16(11)14;1-2-10-4-6-12-8-9-13-7-5-11(3-1)14(10)15(12)13;1-3-9-4-2-6-11-8-7-10(5-1)12(9)11/h1-14H;2*1-12H;1-10H;1-9,14H;1-8H. The zero-order valence-electron chi connectivity index (χ0n) is 58.6. The van der Waals surface area contributed by atoms with Crippen molar-refractivity contribution in [3.05, 3.63) is 421 Å². The molecule has 107 heavy (non-hydrogen) atoms. The maximum absolute atomic E-state index is 2.33. The number of hydrogen-bond donors (Lipinski definition) is 0. The molecule has 0 bridgehead atoms. The van der Waals surface area contributed by atoms with Crippen LogP contribution in [0.3, 0.4) is 0 Å². The number of rotatable bonds is 0. The minimum absolute atomic E-state index is 0.505. The van der Waals surface area contributed by atoms with Crippen LogP contribution < -0.4 is 0 Å². The van der Waals surface area contributed by atoms with Crippen LogP contribution in [0.15, 0.2) is 410 Å². The SMILES string of the molecule is C1=CC2=CC=C3C=CC4=C3C2C(=C1)C=C4.C1=Cc2cccc3cccc1c23.c1cc2c3c(cccc3c1)-c1c-2c2ccccc2c2ccccc12.c1ccc2c(c1)-c1cccc3cccc-2c13.c1ccc2c3c(ccc2c1)-c1cccc2cccc-3c12.c1ccc2cc3c(cc2c1)-c1cccc2cccc-3c12. The summed E-state index contributed by atoms with van der Waals surface area (Å²) in [5.41, 5.74) is 31.9. The highest BCUT2D eigenvalue weighted by Gasteiger charge is 2.33. The van der Waals surface area contributed by atoms with Crippen LogP contribution in [-0.2, 0) is 0 Å². The summed E-state index contributed by atoms with van der Waals surface area (Å²) in [4.78, 5) is 0. The van der Waals surface area contributed by atoms with Crippen molar-refractivity contribution >= 4 is 109 Å². The summed E-state index contributed by atoms with van der Waals surface area (Å²) in [7, 11) is 0. The van der Waals surface area contributed by atoms with Gasteiger partial charge in [-0.1, -0.05) is 382 Å². The highest BCUT2D eigenvalue weighted by atomic mass is 14.4. The Morgan fingerprint density at radius 2 is 0.551 bits per heavy atom. The molecule has 494 valence electrons. The van der Waals surface area contributed by atoms with Crippen LogP contribution in [0.25, 0.3) is 198 Å². The number of hydrogen-bond acceptors (Lipinski definition) is 0. The summed E-state index contributed by atoms with van der Waals surface area (Å²) >= 11 is 0. The maximum Gasteiger partial charge on any atom is 0.0351 e. The summed E-state index contributed by atoms with van der Waals surface area (Å²) in [5, 5.41) is 24.4. The molecule has 9 aliphatic carbocycles. The third-order valence-corrected chi connectivity index (χ3v) is 23.5. The van der Waals surface area contributed by atoms with Crippen molar-refractivity contribution in [1.82, 2.24) is 0 Å². The second kappa shape index (κ2) is 24.4. The molecule has 0 heteroatoms. The largest absolute Gasteiger partial charge is 0.0617 e. The summed E-state index contributed by atoms with van der Waals surface area (Å²) in [6.07, 6.45) is 24.4. The van der Waals surface area contributed by atoms with Crippen molar-refractivity contribution < 1.29 is 0 Å². The first-order valence-corrected chi connectivity index (χ1v) is 37.4. The first-order chi connectivity index (χ1) is 53.1. The van der Waals surface area contributed by atoms with E-state index in [-0.39, 0.29) is 0 Å². The van der Waals surface area contributed by atoms with Crippen molar-refractivity contribution in [2.24, 2.45) is 5.92 Å². The normalized spacial score (nSPS) is 14.4. The Labute approximate surface area is 621 Å². The molecule has 1 unspecified atom stereocenters. The molecule has 0 fully saturated rings. The Bertz CT molecular complexity index is 6930. The summed E-state index contributed by atoms with van der Waals surface area (Å²) in [6, 6.07) is 118. The van der Waals surface area contributed by atoms with Gasteiger partial charge in [0.2, 0.25) is 0 Å². The molecule has 0 amide bonds. The summed E-state index contributed by atoms with van der Waals surface area (Å²) < 4.78 is 0. The third-order valence-electron chi connectivity index (χ3n) is 23.5. The van der Waals surface area contributed by atoms with E-state index in [4.69, 9.17) is 0 Å². The molecule has 9 aliphatic rings. The molecule has 0 aromatic heterocycles. The number of benzene rings is 18. The Morgan fingerprint density at radius 3 is 1.07 bits per heavy atom. The number of fused-ring (bicyclic) bond motifs is 20. The van der Waals surface area contributed by atoms with Gasteiger partial charge in [-0.2, -0.15) is 0 Å². The van der Waals surface area contributed by atoms with Crippen molar-refractivity contribution in [2.45, 2.75) is 0 Å². The van der Waals surface area contributed by atoms with Gasteiger partial charge in [0.25, 0.3) is 0 Å². The molecule has 0 aliphatic heterocycles. The van der Waals surface area contributed by atoms with Crippen LogP contribution >= 0.6 is 0 Å². The lowest BCUT2D eigenvalue weighted by Crippen LogP contribution is -2.17. The second-order valence-corrected chi connectivity index (χ2v) is 29.1. The minimum atomic E-state index is 0.505. The monoisotopic (exact) mass is 1350 g/mol. The molecular weight excluding hydrogens is 1290 g/mol. The second-order valence-electron chi connectivity index (χ2n) is 29.1. The van der Waals surface area contributed by atoms with Gasteiger partial charge >= 0.3 is 0 Å². The van der Waals surface area contributed by atoms with Gasteiger partial charge in [0.1, 0.15) is 0 Å². The molecule has 1 atom stereocenters. The van der Waals surface area contributed by atoms with Crippen LogP contribution in [0.4, 0.5) is 0 Å². The Hall–Kier alpha value is -13.8. The van der Waals surface area contributed by atoms with E-state index in [1.165, 1.54) is 225 Å². The first kappa shape index (κ1) is 60.8. The van der Waals surface area contributed by atoms with Gasteiger partial charge in [0.15, 0.2) is 0 Å². The molecule has 27 rings (SSSR count). The van der Waals surface area contributed by atoms with E-state index < -0.39 is 0 Å². The molecule has 0 saturated carbocycles. The molecular formula is C107H66. The zero-order chi connectivity index (χ0) is 70.2. The molecule has 18 aromatic rings. The van der Waals surface area contributed by atoms with Gasteiger partial charge < -0.3 is 0 Å². The Balaban J connectivity index is 0.0000000809. The van der Waals surface area contributed by atoms with E-state index in [2.05, 4.69) is 394 Å². The van der Waals surface area contributed by atoms with Crippen molar-refractivity contribution in [3.63, 3.8) is 0 Å². The molecule has 0 radical (unpaired) electrons. The number of allylic oxidation sites excluding steroid dienone is 14. The van der Waals surface area contributed by atoms with Gasteiger partial charge in [-0.05, 0) is 237 Å². The van der Waals surface area contributed by atoms with Crippen LogP contribution in [0, 0.1) is 5.92 Å². The van der Waals surface area contributed by atoms with Gasteiger partial charge in [0, 0.05) is 5.92 Å². The van der Waals surface area contributed by atoms with E-state index in [1.807, 2.05) is 0 Å². The minimum Gasteiger partial charge on any atom is -0.0617 e. The van der Waals surface area contributed by atoms with Crippen molar-refractivity contribution in [3.8, 4) is 89.0 Å². The smallest absolute Gasteiger partial charge is 0.0351 e. The molecule has 0 nitrogen and oxygen atoms in total. The third kappa shape index (κ3) is 9.56. The molecule has 0 heterocycles. The molecule has 0 N–H and O–H groups in total. The van der Waals surface area contributed by atoms with E-state index >= 15 is 0 Å². The molecule has 0 saturated heterocycles. The maximum atomic E-state index is 2.33. The summed E-state index contributed by atoms with van der Waals surface area (Å²) in [6.45, 7) is 0. The highest BCUT2D eigenvalue weighted by molar-refractivity contribution is 6.30. The fraction of sp³-hybridized carbons (Fsp3) is 0.00935. The van der Waals surface area contributed by atoms with E-state index in [9.17, 15) is 0 Å². The average Bonchev–Trinajstić information content (AvgIpc) is 1.29. The lowest BCUT2D eigenvalue weighted by molar-refractivity contribution is 0.863. The average molecular weight is 1350 g/mol. The fourth-order valence-corrected chi connectivity index (χ4v) is 18.9. The predicted molar refractivity (Wildman–Crippen MR) is 459 cm³/mol. The Kier molecular flexibility index (Phi) is 13.9. The highest BCUT2D eigenvalue weighted by Crippen LogP contribution is 2.56. The van der Waals surface area contributed by atoms with Crippen molar-refractivity contribution in [2.75, 3.05) is 0 Å². The lowest BCUT2D eigenvalue weighted by atomic mass is 9.73. The zero-order valence-corrected chi connectivity index (χ0v) is 58.6. The molecule has 0 spiro atoms. The molecule has 18 aromatic carbocycles. The van der Waals surface area contributed by atoms with Gasteiger partial charge in [-0.15, -0.1) is 0 Å². The Morgan fingerprint density at radius 1 is 0.187 bits per heavy atom. The fourth-order valence-electron chi connectivity index (χ4n) is 18.9. The van der Waals surface area contributed by atoms with E-state index in [0.717, 1.165) is 0 Å². The topological polar surface area (TPSA) is 0 Å². The lowest BCUT2D eigenvalue weighted by Gasteiger charge is -2.30.